The van der Waals surface area contributed by atoms with Crippen LogP contribution in [0.3, 0.4) is 0 Å². The maximum Gasteiger partial charge on any atom is 0.326 e. The second-order valence-electron chi connectivity index (χ2n) is 9.29. The van der Waals surface area contributed by atoms with Gasteiger partial charge in [0.15, 0.2) is 0 Å². The number of urea groups is 1. The van der Waals surface area contributed by atoms with Crippen LogP contribution in [0, 0.1) is 0 Å². The number of halogens is 2. The van der Waals surface area contributed by atoms with Gasteiger partial charge in [0, 0.05) is 33.5 Å². The Balaban J connectivity index is 1.55. The van der Waals surface area contributed by atoms with E-state index in [4.69, 9.17) is 28.3 Å². The van der Waals surface area contributed by atoms with Gasteiger partial charge in [0.05, 0.1) is 13.0 Å². The summed E-state index contributed by atoms with van der Waals surface area (Å²) < 4.78 is 0. The summed E-state index contributed by atoms with van der Waals surface area (Å²) in [6.45, 7) is 0.309. The van der Waals surface area contributed by atoms with Crippen LogP contribution in [0.5, 0.6) is 0 Å². The van der Waals surface area contributed by atoms with E-state index < -0.39 is 12.0 Å². The van der Waals surface area contributed by atoms with E-state index in [-0.39, 0.29) is 25.4 Å². The van der Waals surface area contributed by atoms with E-state index in [1.807, 2.05) is 12.1 Å². The van der Waals surface area contributed by atoms with Gasteiger partial charge in [-0.15, -0.1) is 0 Å². The number of carbonyl (C=O) groups excluding carboxylic acids is 2. The highest BCUT2D eigenvalue weighted by Gasteiger charge is 2.18. The number of hydrogen-bond acceptors (Lipinski definition) is 3. The van der Waals surface area contributed by atoms with E-state index in [1.165, 1.54) is 24.0 Å². The summed E-state index contributed by atoms with van der Waals surface area (Å²) in [4.78, 5) is 38.1. The molecule has 0 unspecified atom stereocenters. The molecule has 0 aliphatic heterocycles. The van der Waals surface area contributed by atoms with Gasteiger partial charge < -0.3 is 15.7 Å². The Labute approximate surface area is 237 Å². The van der Waals surface area contributed by atoms with Gasteiger partial charge >= 0.3 is 12.0 Å². The van der Waals surface area contributed by atoms with Crippen LogP contribution in [0.1, 0.15) is 53.6 Å². The maximum absolute atomic E-state index is 13.5. The molecule has 0 saturated heterocycles. The molecular weight excluding hydrogens is 537 g/mol. The molecule has 3 N–H and O–H groups in total. The standard InChI is InChI=1S/C30H29Cl2N3O4/c31-24-16-25(32)18-26(17-24)34-30(39)35(19-20-6-8-22(9-7-20)21-4-2-1-3-5-21)27-12-10-23(11-13-27)29(38)33-15-14-28(36)37/h4,6-13,16-18H,1-3,5,14-15,19H2,(H,33,38)(H,34,39)(H,36,37). The smallest absolute Gasteiger partial charge is 0.326 e. The Bertz CT molecular complexity index is 1350. The molecule has 0 spiro atoms. The highest BCUT2D eigenvalue weighted by molar-refractivity contribution is 6.35. The summed E-state index contributed by atoms with van der Waals surface area (Å²) in [5.74, 6) is -1.38. The molecule has 0 atom stereocenters. The van der Waals surface area contributed by atoms with Crippen molar-refractivity contribution < 1.29 is 19.5 Å². The number of carboxylic acid groups (broad SMARTS) is 1. The van der Waals surface area contributed by atoms with Crippen LogP contribution in [0.4, 0.5) is 16.2 Å². The van der Waals surface area contributed by atoms with E-state index in [1.54, 1.807) is 47.4 Å². The molecular formula is C30H29Cl2N3O4. The fourth-order valence-electron chi connectivity index (χ4n) is 4.38. The highest BCUT2D eigenvalue weighted by Crippen LogP contribution is 2.28. The molecule has 0 radical (unpaired) electrons. The molecule has 3 aromatic rings. The van der Waals surface area contributed by atoms with Gasteiger partial charge in [-0.3, -0.25) is 14.5 Å². The zero-order valence-corrected chi connectivity index (χ0v) is 22.8. The zero-order chi connectivity index (χ0) is 27.8. The lowest BCUT2D eigenvalue weighted by Gasteiger charge is -2.24. The van der Waals surface area contributed by atoms with Gasteiger partial charge in [-0.1, -0.05) is 53.5 Å². The lowest BCUT2D eigenvalue weighted by Crippen LogP contribution is -2.34. The number of carboxylic acids is 1. The Hall–Kier alpha value is -3.81. The van der Waals surface area contributed by atoms with Gasteiger partial charge in [-0.2, -0.15) is 0 Å². The quantitative estimate of drug-likeness (QED) is 0.252. The Morgan fingerprint density at radius 1 is 0.897 bits per heavy atom. The molecule has 3 amide bonds. The van der Waals surface area contributed by atoms with Crippen molar-refractivity contribution in [1.29, 1.82) is 0 Å². The molecule has 0 bridgehead atoms. The Morgan fingerprint density at radius 2 is 1.59 bits per heavy atom. The predicted molar refractivity (Wildman–Crippen MR) is 156 cm³/mol. The number of nitrogens with zero attached hydrogens (tertiary/aromatic N) is 1. The normalized spacial score (nSPS) is 12.8. The van der Waals surface area contributed by atoms with Crippen LogP contribution < -0.4 is 15.5 Å². The average molecular weight is 566 g/mol. The minimum absolute atomic E-state index is 0.0273. The molecule has 0 saturated carbocycles. The SMILES string of the molecule is O=C(O)CCNC(=O)c1ccc(N(Cc2ccc(C3=CCCCC3)cc2)C(=O)Nc2cc(Cl)cc(Cl)c2)cc1. The van der Waals surface area contributed by atoms with Gasteiger partial charge in [0.25, 0.3) is 5.91 Å². The molecule has 7 nitrogen and oxygen atoms in total. The minimum atomic E-state index is -0.989. The van der Waals surface area contributed by atoms with Crippen LogP contribution in [0.25, 0.3) is 5.57 Å². The van der Waals surface area contributed by atoms with Crippen molar-refractivity contribution in [2.45, 2.75) is 38.6 Å². The number of aliphatic carboxylic acids is 1. The monoisotopic (exact) mass is 565 g/mol. The van der Waals surface area contributed by atoms with E-state index in [2.05, 4.69) is 28.8 Å². The van der Waals surface area contributed by atoms with E-state index >= 15 is 0 Å². The molecule has 1 aliphatic rings. The van der Waals surface area contributed by atoms with Crippen LogP contribution in [-0.2, 0) is 11.3 Å². The number of allylic oxidation sites excluding steroid dienone is 2. The molecule has 0 fully saturated rings. The first kappa shape index (κ1) is 28.2. The third-order valence-corrected chi connectivity index (χ3v) is 6.82. The summed E-state index contributed by atoms with van der Waals surface area (Å²) in [7, 11) is 0. The number of amides is 3. The van der Waals surface area contributed by atoms with Crippen molar-refractivity contribution in [1.82, 2.24) is 5.32 Å². The molecule has 0 heterocycles. The molecule has 4 rings (SSSR count). The number of hydrogen-bond donors (Lipinski definition) is 3. The third-order valence-electron chi connectivity index (χ3n) is 6.38. The lowest BCUT2D eigenvalue weighted by atomic mass is 9.93. The first-order valence-corrected chi connectivity index (χ1v) is 13.5. The second-order valence-corrected chi connectivity index (χ2v) is 10.2. The molecule has 3 aromatic carbocycles. The van der Waals surface area contributed by atoms with Crippen molar-refractivity contribution >= 4 is 58.1 Å². The van der Waals surface area contributed by atoms with Crippen molar-refractivity contribution in [3.8, 4) is 0 Å². The predicted octanol–water partition coefficient (Wildman–Crippen LogP) is 7.39. The number of nitrogens with one attached hydrogen (secondary N) is 2. The average Bonchev–Trinajstić information content (AvgIpc) is 2.92. The third kappa shape index (κ3) is 8.09. The molecule has 1 aliphatic carbocycles. The van der Waals surface area contributed by atoms with Gasteiger partial charge in [0.1, 0.15) is 0 Å². The van der Waals surface area contributed by atoms with Crippen LogP contribution in [0.15, 0.2) is 72.8 Å². The molecule has 39 heavy (non-hydrogen) atoms. The van der Waals surface area contributed by atoms with Gasteiger partial charge in [-0.25, -0.2) is 4.79 Å². The van der Waals surface area contributed by atoms with Crippen LogP contribution in [0.2, 0.25) is 10.0 Å². The van der Waals surface area contributed by atoms with Crippen LogP contribution in [-0.4, -0.2) is 29.6 Å². The van der Waals surface area contributed by atoms with Crippen molar-refractivity contribution in [3.63, 3.8) is 0 Å². The fraction of sp³-hybridized carbons (Fsp3) is 0.233. The number of rotatable bonds is 9. The maximum atomic E-state index is 13.5. The van der Waals surface area contributed by atoms with Crippen molar-refractivity contribution in [2.24, 2.45) is 0 Å². The summed E-state index contributed by atoms with van der Waals surface area (Å²) in [5, 5.41) is 15.0. The summed E-state index contributed by atoms with van der Waals surface area (Å²) >= 11 is 12.2. The molecule has 9 heteroatoms. The van der Waals surface area contributed by atoms with E-state index in [0.29, 0.717) is 27.0 Å². The Kier molecular flexibility index (Phi) is 9.63. The molecule has 202 valence electrons. The second kappa shape index (κ2) is 13.3. The highest BCUT2D eigenvalue weighted by atomic mass is 35.5. The topological polar surface area (TPSA) is 98.7 Å². The number of benzene rings is 3. The lowest BCUT2D eigenvalue weighted by molar-refractivity contribution is -0.136. The van der Waals surface area contributed by atoms with Crippen LogP contribution >= 0.6 is 23.2 Å². The fourth-order valence-corrected chi connectivity index (χ4v) is 4.91. The van der Waals surface area contributed by atoms with E-state index in [9.17, 15) is 14.4 Å². The van der Waals surface area contributed by atoms with Gasteiger partial charge in [0.2, 0.25) is 0 Å². The summed E-state index contributed by atoms with van der Waals surface area (Å²) in [5.41, 5.74) is 4.87. The minimum Gasteiger partial charge on any atom is -0.481 e. The summed E-state index contributed by atoms with van der Waals surface area (Å²) in [6.07, 6.45) is 6.74. The van der Waals surface area contributed by atoms with Crippen molar-refractivity contribution in [3.05, 3.63) is 99.5 Å². The number of anilines is 2. The van der Waals surface area contributed by atoms with E-state index in [0.717, 1.165) is 18.4 Å². The van der Waals surface area contributed by atoms with Crippen molar-refractivity contribution in [2.75, 3.05) is 16.8 Å². The summed E-state index contributed by atoms with van der Waals surface area (Å²) in [6, 6.07) is 19.2. The first-order valence-electron chi connectivity index (χ1n) is 12.7. The Morgan fingerprint density at radius 3 is 2.21 bits per heavy atom. The number of carbonyl (C=O) groups is 3. The first-order chi connectivity index (χ1) is 18.8. The zero-order valence-electron chi connectivity index (χ0n) is 21.3. The largest absolute Gasteiger partial charge is 0.481 e. The van der Waals surface area contributed by atoms with Gasteiger partial charge in [-0.05, 0) is 84.8 Å². The molecule has 0 aromatic heterocycles.